The third-order valence-corrected chi connectivity index (χ3v) is 2.39. The van der Waals surface area contributed by atoms with Crippen LogP contribution in [0, 0.1) is 0 Å². The first-order valence-electron chi connectivity index (χ1n) is 5.31. The molecule has 0 saturated carbocycles. The lowest BCUT2D eigenvalue weighted by atomic mass is 10.2. The molecule has 1 aromatic carbocycles. The molecular formula is C13H16ClIN3. The molecule has 2 rings (SSSR count). The van der Waals surface area contributed by atoms with E-state index in [0.717, 1.165) is 23.5 Å². The number of nitrogens with two attached hydrogens (primary N) is 1. The Kier molecular flexibility index (Phi) is 8.70. The van der Waals surface area contributed by atoms with Gasteiger partial charge in [0.15, 0.2) is 0 Å². The van der Waals surface area contributed by atoms with Gasteiger partial charge in [-0.05, 0) is 23.8 Å². The van der Waals surface area contributed by atoms with Crippen LogP contribution in [0.15, 0.2) is 48.2 Å². The molecule has 0 saturated heterocycles. The molecular weight excluding hydrogens is 361 g/mol. The Morgan fingerprint density at radius 2 is 1.83 bits per heavy atom. The van der Waals surface area contributed by atoms with Gasteiger partial charge in [0.2, 0.25) is 6.21 Å². The summed E-state index contributed by atoms with van der Waals surface area (Å²) in [5, 5.41) is 3.31. The molecule has 3 N–H and O–H groups in total. The van der Waals surface area contributed by atoms with Gasteiger partial charge >= 0.3 is 0 Å². The zero-order chi connectivity index (χ0) is 11.2. The number of benzene rings is 1. The summed E-state index contributed by atoms with van der Waals surface area (Å²) in [7, 11) is 0. The normalized spacial score (nSPS) is 12.2. The molecule has 1 aromatic rings. The average molecular weight is 377 g/mol. The van der Waals surface area contributed by atoms with Gasteiger partial charge in [0, 0.05) is 24.4 Å². The van der Waals surface area contributed by atoms with E-state index < -0.39 is 0 Å². The molecule has 0 fully saturated rings. The van der Waals surface area contributed by atoms with Crippen LogP contribution in [-0.4, -0.2) is 12.8 Å². The van der Waals surface area contributed by atoms with Gasteiger partial charge in [0.25, 0.3) is 5.70 Å². The monoisotopic (exact) mass is 376 g/mol. The Labute approximate surface area is 131 Å². The lowest BCUT2D eigenvalue weighted by Gasteiger charge is -2.03. The highest BCUT2D eigenvalue weighted by molar-refractivity contribution is 5.85. The van der Waals surface area contributed by atoms with Crippen LogP contribution in [0.25, 0.3) is 0 Å². The maximum absolute atomic E-state index is 5.53. The molecule has 97 valence electrons. The molecule has 0 aromatic heterocycles. The predicted octanol–water partition coefficient (Wildman–Crippen LogP) is -1.16. The van der Waals surface area contributed by atoms with Crippen molar-refractivity contribution in [3.63, 3.8) is 0 Å². The van der Waals surface area contributed by atoms with E-state index in [0.29, 0.717) is 6.54 Å². The molecule has 0 atom stereocenters. The fraction of sp³-hybridized carbons (Fsp3) is 0.154. The molecule has 1 radical (unpaired) electrons. The Morgan fingerprint density at radius 1 is 1.11 bits per heavy atom. The lowest BCUT2D eigenvalue weighted by Crippen LogP contribution is -3.00. The van der Waals surface area contributed by atoms with Crippen molar-refractivity contribution in [2.24, 2.45) is 5.73 Å². The third-order valence-electron chi connectivity index (χ3n) is 2.39. The Morgan fingerprint density at radius 3 is 2.39 bits per heavy atom. The van der Waals surface area contributed by atoms with E-state index in [4.69, 9.17) is 5.73 Å². The van der Waals surface area contributed by atoms with Gasteiger partial charge in [-0.2, -0.15) is 0 Å². The first kappa shape index (κ1) is 17.2. The number of rotatable bonds is 4. The predicted molar refractivity (Wildman–Crippen MR) is 75.5 cm³/mol. The average Bonchev–Trinajstić information content (AvgIpc) is 2.38. The van der Waals surface area contributed by atoms with Gasteiger partial charge in [-0.25, -0.2) is 0 Å². The topological polar surface area (TPSA) is 52.1 Å². The molecule has 0 amide bonds. The molecule has 1 heterocycles. The van der Waals surface area contributed by atoms with Gasteiger partial charge in [0.05, 0.1) is 4.99 Å². The summed E-state index contributed by atoms with van der Waals surface area (Å²) >= 11 is 0. The van der Waals surface area contributed by atoms with Crippen molar-refractivity contribution in [2.45, 2.75) is 6.54 Å². The Balaban J connectivity index is 0.00000144. The smallest absolute Gasteiger partial charge is 0.272 e. The number of nitrogens with zero attached hydrogens (tertiary/aromatic N) is 1. The zero-order valence-corrected chi connectivity index (χ0v) is 12.8. The first-order chi connectivity index (χ1) is 7.88. The maximum atomic E-state index is 5.53. The van der Waals surface area contributed by atoms with Crippen LogP contribution in [0.2, 0.25) is 0 Å². The number of hydrogen-bond acceptors (Lipinski definition) is 3. The van der Waals surface area contributed by atoms with Crippen molar-refractivity contribution < 1.29 is 24.0 Å². The molecule has 18 heavy (non-hydrogen) atoms. The zero-order valence-electron chi connectivity index (χ0n) is 9.84. The van der Waals surface area contributed by atoms with E-state index in [1.54, 1.807) is 6.21 Å². The van der Waals surface area contributed by atoms with Crippen LogP contribution in [-0.2, 0) is 6.54 Å². The highest BCUT2D eigenvalue weighted by Crippen LogP contribution is 2.09. The van der Waals surface area contributed by atoms with E-state index in [1.807, 2.05) is 42.5 Å². The van der Waals surface area contributed by atoms with E-state index in [1.165, 1.54) is 0 Å². The number of halogens is 2. The Hall–Kier alpha value is -0.850. The second-order valence-electron chi connectivity index (χ2n) is 3.58. The standard InChI is InChI=1S/C13H15N3.ClH.HI/c14-9-11-4-6-12(7-5-11)16-10-13-3-1-2-8-15-13;;/h1-8,16H,9-10,14H2;2*1H/q+1;;/p-1. The van der Waals surface area contributed by atoms with Crippen LogP contribution in [0.3, 0.4) is 0 Å². The number of nitrogens with one attached hydrogen (secondary N) is 1. The summed E-state index contributed by atoms with van der Waals surface area (Å²) in [6.45, 7) is 1.32. The number of aliphatic imine (C=N–C) groups is 1. The minimum atomic E-state index is 0. The molecule has 0 unspecified atom stereocenters. The summed E-state index contributed by atoms with van der Waals surface area (Å²) in [5.74, 6) is 0. The van der Waals surface area contributed by atoms with Gasteiger partial charge in [-0.3, -0.25) is 0 Å². The number of anilines is 1. The highest BCUT2D eigenvalue weighted by Gasteiger charge is 2.07. The minimum Gasteiger partial charge on any atom is -1.00 e. The van der Waals surface area contributed by atoms with Crippen LogP contribution in [0.5, 0.6) is 0 Å². The SMILES string of the molecule is Cl.NCc1ccc(NCC2=CC=CC=[N+]2)cc1.[I-]. The summed E-state index contributed by atoms with van der Waals surface area (Å²) in [6, 6.07) is 8.12. The molecule has 0 spiro atoms. The molecule has 1 aliphatic heterocycles. The Bertz CT molecular complexity index is 438. The molecule has 5 heteroatoms. The highest BCUT2D eigenvalue weighted by atomic mass is 127. The van der Waals surface area contributed by atoms with Crippen LogP contribution < -0.4 is 40.0 Å². The second-order valence-corrected chi connectivity index (χ2v) is 3.58. The van der Waals surface area contributed by atoms with E-state index in [9.17, 15) is 0 Å². The molecule has 3 nitrogen and oxygen atoms in total. The van der Waals surface area contributed by atoms with Crippen molar-refractivity contribution in [3.8, 4) is 0 Å². The lowest BCUT2D eigenvalue weighted by molar-refractivity contribution is -0.00000348. The fourth-order valence-electron chi connectivity index (χ4n) is 1.45. The van der Waals surface area contributed by atoms with E-state index in [-0.39, 0.29) is 36.4 Å². The second kappa shape index (κ2) is 9.13. The van der Waals surface area contributed by atoms with Crippen molar-refractivity contribution in [3.05, 3.63) is 53.8 Å². The third kappa shape index (κ3) is 5.20. The quantitative estimate of drug-likeness (QED) is 0.652. The molecule has 0 bridgehead atoms. The van der Waals surface area contributed by atoms with Crippen LogP contribution in [0.4, 0.5) is 5.69 Å². The summed E-state index contributed by atoms with van der Waals surface area (Å²) in [4.78, 5) is 4.25. The minimum absolute atomic E-state index is 0. The van der Waals surface area contributed by atoms with Crippen molar-refractivity contribution in [1.29, 1.82) is 0 Å². The van der Waals surface area contributed by atoms with Gasteiger partial charge in [-0.15, -0.1) is 12.4 Å². The van der Waals surface area contributed by atoms with Crippen LogP contribution in [0.1, 0.15) is 5.56 Å². The summed E-state index contributed by atoms with van der Waals surface area (Å²) < 4.78 is 0. The molecule has 0 aliphatic carbocycles. The largest absolute Gasteiger partial charge is 1.00 e. The summed E-state index contributed by atoms with van der Waals surface area (Å²) in [5.41, 5.74) is 8.80. The van der Waals surface area contributed by atoms with Crippen LogP contribution >= 0.6 is 12.4 Å². The first-order valence-corrected chi connectivity index (χ1v) is 5.31. The van der Waals surface area contributed by atoms with Crippen molar-refractivity contribution in [1.82, 2.24) is 4.99 Å². The fourth-order valence-corrected chi connectivity index (χ4v) is 1.45. The van der Waals surface area contributed by atoms with Crippen molar-refractivity contribution >= 4 is 24.3 Å². The molecule has 1 aliphatic rings. The van der Waals surface area contributed by atoms with E-state index >= 15 is 0 Å². The van der Waals surface area contributed by atoms with Crippen molar-refractivity contribution in [2.75, 3.05) is 11.9 Å². The van der Waals surface area contributed by atoms with E-state index in [2.05, 4.69) is 10.3 Å². The number of allylic oxidation sites excluding steroid dienone is 3. The summed E-state index contributed by atoms with van der Waals surface area (Å²) in [6.07, 6.45) is 7.71. The number of hydrogen-bond donors (Lipinski definition) is 2. The van der Waals surface area contributed by atoms with Gasteiger partial charge in [-0.1, -0.05) is 12.1 Å². The van der Waals surface area contributed by atoms with Gasteiger partial charge in [0.1, 0.15) is 6.54 Å². The van der Waals surface area contributed by atoms with Gasteiger partial charge < -0.3 is 35.0 Å². The maximum Gasteiger partial charge on any atom is 0.272 e.